The summed E-state index contributed by atoms with van der Waals surface area (Å²) in [4.78, 5) is 2.10. The molecule has 1 aliphatic heterocycles. The zero-order valence-corrected chi connectivity index (χ0v) is 11.3. The molecule has 0 radical (unpaired) electrons. The fraction of sp³-hybridized carbons (Fsp3) is 0.250. The van der Waals surface area contributed by atoms with Crippen LogP contribution in [0.4, 0.5) is 10.1 Å². The molecule has 4 heteroatoms. The van der Waals surface area contributed by atoms with Crippen LogP contribution in [0.25, 0.3) is 11.1 Å². The largest absolute Gasteiger partial charge is 0.484 e. The Morgan fingerprint density at radius 2 is 1.95 bits per heavy atom. The summed E-state index contributed by atoms with van der Waals surface area (Å²) >= 11 is 0. The highest BCUT2D eigenvalue weighted by Gasteiger charge is 2.25. The maximum atomic E-state index is 14.0. The first-order valence-electron chi connectivity index (χ1n) is 6.66. The van der Waals surface area contributed by atoms with E-state index in [0.29, 0.717) is 17.9 Å². The molecule has 1 aliphatic rings. The van der Waals surface area contributed by atoms with Gasteiger partial charge in [0, 0.05) is 24.7 Å². The van der Waals surface area contributed by atoms with Crippen LogP contribution in [0.3, 0.4) is 0 Å². The highest BCUT2D eigenvalue weighted by molar-refractivity contribution is 5.79. The third-order valence-corrected chi connectivity index (χ3v) is 3.59. The number of anilines is 1. The quantitative estimate of drug-likeness (QED) is 0.913. The van der Waals surface area contributed by atoms with Crippen molar-refractivity contribution in [2.24, 2.45) is 5.73 Å². The van der Waals surface area contributed by atoms with Gasteiger partial charge in [-0.15, -0.1) is 0 Å². The monoisotopic (exact) mass is 272 g/mol. The van der Waals surface area contributed by atoms with Crippen LogP contribution in [-0.2, 0) is 0 Å². The molecule has 0 bridgehead atoms. The van der Waals surface area contributed by atoms with Gasteiger partial charge in [0.1, 0.15) is 11.9 Å². The van der Waals surface area contributed by atoms with Gasteiger partial charge >= 0.3 is 0 Å². The van der Waals surface area contributed by atoms with E-state index in [-0.39, 0.29) is 11.9 Å². The minimum absolute atomic E-state index is 0.0691. The molecule has 0 fully saturated rings. The SMILES string of the molecule is CN1CC(CN)Oc2c(-c3ccccc3F)cccc21. The maximum Gasteiger partial charge on any atom is 0.151 e. The number of rotatable bonds is 2. The number of ether oxygens (including phenoxy) is 1. The molecule has 20 heavy (non-hydrogen) atoms. The zero-order chi connectivity index (χ0) is 14.1. The maximum absolute atomic E-state index is 14.0. The average Bonchev–Trinajstić information content (AvgIpc) is 2.47. The molecule has 0 aromatic heterocycles. The predicted octanol–water partition coefficient (Wildman–Crippen LogP) is 2.65. The van der Waals surface area contributed by atoms with Crippen molar-refractivity contribution in [1.82, 2.24) is 0 Å². The number of benzene rings is 2. The second kappa shape index (κ2) is 5.13. The van der Waals surface area contributed by atoms with Crippen molar-refractivity contribution < 1.29 is 9.13 Å². The van der Waals surface area contributed by atoms with Gasteiger partial charge in [0.2, 0.25) is 0 Å². The summed E-state index contributed by atoms with van der Waals surface area (Å²) in [5.74, 6) is 0.462. The Hall–Kier alpha value is -2.07. The van der Waals surface area contributed by atoms with Crippen LogP contribution in [-0.4, -0.2) is 26.2 Å². The van der Waals surface area contributed by atoms with E-state index in [4.69, 9.17) is 10.5 Å². The first kappa shape index (κ1) is 12.9. The lowest BCUT2D eigenvalue weighted by atomic mass is 10.0. The van der Waals surface area contributed by atoms with Crippen molar-refractivity contribution in [3.8, 4) is 16.9 Å². The van der Waals surface area contributed by atoms with Crippen molar-refractivity contribution in [1.29, 1.82) is 0 Å². The fourth-order valence-electron chi connectivity index (χ4n) is 2.57. The number of halogens is 1. The van der Waals surface area contributed by atoms with Gasteiger partial charge in [-0.05, 0) is 12.1 Å². The fourth-order valence-corrected chi connectivity index (χ4v) is 2.57. The molecule has 3 nitrogen and oxygen atoms in total. The number of likely N-dealkylation sites (N-methyl/N-ethyl adjacent to an activating group) is 1. The standard InChI is InChI=1S/C16H17FN2O/c1-19-10-11(9-18)20-16-13(6-4-8-15(16)19)12-5-2-3-7-14(12)17/h2-8,11H,9-10,18H2,1H3. The van der Waals surface area contributed by atoms with Crippen molar-refractivity contribution in [3.63, 3.8) is 0 Å². The molecule has 0 amide bonds. The topological polar surface area (TPSA) is 38.5 Å². The van der Waals surface area contributed by atoms with Crippen molar-refractivity contribution >= 4 is 5.69 Å². The van der Waals surface area contributed by atoms with Gasteiger partial charge in [-0.25, -0.2) is 4.39 Å². The molecule has 2 aromatic carbocycles. The highest BCUT2D eigenvalue weighted by Crippen LogP contribution is 2.41. The summed E-state index contributed by atoms with van der Waals surface area (Å²) in [5, 5.41) is 0. The van der Waals surface area contributed by atoms with E-state index in [9.17, 15) is 4.39 Å². The number of para-hydroxylation sites is 1. The van der Waals surface area contributed by atoms with Gasteiger partial charge in [-0.1, -0.05) is 30.3 Å². The lowest BCUT2D eigenvalue weighted by molar-refractivity contribution is 0.204. The Balaban J connectivity index is 2.15. The summed E-state index contributed by atoms with van der Waals surface area (Å²) < 4.78 is 20.0. The minimum atomic E-state index is -0.248. The smallest absolute Gasteiger partial charge is 0.151 e. The lowest BCUT2D eigenvalue weighted by Gasteiger charge is -2.34. The van der Waals surface area contributed by atoms with Gasteiger partial charge in [-0.3, -0.25) is 0 Å². The van der Waals surface area contributed by atoms with Crippen LogP contribution >= 0.6 is 0 Å². The third-order valence-electron chi connectivity index (χ3n) is 3.59. The van der Waals surface area contributed by atoms with E-state index in [1.807, 2.05) is 31.3 Å². The number of fused-ring (bicyclic) bond motifs is 1. The first-order chi connectivity index (χ1) is 9.70. The van der Waals surface area contributed by atoms with Crippen LogP contribution < -0.4 is 15.4 Å². The molecule has 1 atom stereocenters. The Morgan fingerprint density at radius 1 is 1.20 bits per heavy atom. The Labute approximate surface area is 117 Å². The molecule has 2 aromatic rings. The summed E-state index contributed by atoms with van der Waals surface area (Å²) in [6.07, 6.45) is -0.0691. The number of nitrogens with zero attached hydrogens (tertiary/aromatic N) is 1. The van der Waals surface area contributed by atoms with Gasteiger partial charge in [0.25, 0.3) is 0 Å². The molecule has 0 spiro atoms. The average molecular weight is 272 g/mol. The van der Waals surface area contributed by atoms with E-state index in [1.54, 1.807) is 12.1 Å². The van der Waals surface area contributed by atoms with Crippen LogP contribution in [0.15, 0.2) is 42.5 Å². The molecule has 0 saturated heterocycles. The van der Waals surface area contributed by atoms with E-state index >= 15 is 0 Å². The third kappa shape index (κ3) is 2.12. The van der Waals surface area contributed by atoms with E-state index < -0.39 is 0 Å². The molecule has 3 rings (SSSR count). The van der Waals surface area contributed by atoms with E-state index in [1.165, 1.54) is 6.07 Å². The number of hydrogen-bond donors (Lipinski definition) is 1. The number of nitrogens with two attached hydrogens (primary N) is 1. The van der Waals surface area contributed by atoms with Crippen molar-refractivity contribution in [2.75, 3.05) is 25.0 Å². The molecule has 1 heterocycles. The zero-order valence-electron chi connectivity index (χ0n) is 11.3. The van der Waals surface area contributed by atoms with E-state index in [0.717, 1.165) is 17.8 Å². The first-order valence-corrected chi connectivity index (χ1v) is 6.66. The van der Waals surface area contributed by atoms with Crippen molar-refractivity contribution in [3.05, 3.63) is 48.3 Å². The molecular formula is C16H17FN2O. The Bertz CT molecular complexity index is 630. The molecule has 104 valence electrons. The van der Waals surface area contributed by atoms with Gasteiger partial charge < -0.3 is 15.4 Å². The van der Waals surface area contributed by atoms with Crippen LogP contribution in [0.1, 0.15) is 0 Å². The minimum Gasteiger partial charge on any atom is -0.484 e. The Kier molecular flexibility index (Phi) is 3.32. The number of hydrogen-bond acceptors (Lipinski definition) is 3. The molecular weight excluding hydrogens is 255 g/mol. The van der Waals surface area contributed by atoms with Crippen molar-refractivity contribution in [2.45, 2.75) is 6.10 Å². The second-order valence-electron chi connectivity index (χ2n) is 4.99. The van der Waals surface area contributed by atoms with Gasteiger partial charge in [0.05, 0.1) is 12.2 Å². The normalized spacial score (nSPS) is 17.6. The summed E-state index contributed by atoms with van der Waals surface area (Å²) in [6.45, 7) is 1.18. The molecule has 0 saturated carbocycles. The lowest BCUT2D eigenvalue weighted by Crippen LogP contribution is -2.42. The highest BCUT2D eigenvalue weighted by atomic mass is 19.1. The second-order valence-corrected chi connectivity index (χ2v) is 4.99. The summed E-state index contributed by atoms with van der Waals surface area (Å²) in [6, 6.07) is 12.5. The summed E-state index contributed by atoms with van der Waals surface area (Å²) in [7, 11) is 2.00. The van der Waals surface area contributed by atoms with Crippen LogP contribution in [0.5, 0.6) is 5.75 Å². The van der Waals surface area contributed by atoms with E-state index in [2.05, 4.69) is 4.90 Å². The van der Waals surface area contributed by atoms with Crippen LogP contribution in [0, 0.1) is 5.82 Å². The van der Waals surface area contributed by atoms with Gasteiger partial charge in [0.15, 0.2) is 5.75 Å². The summed E-state index contributed by atoms with van der Waals surface area (Å²) in [5.41, 5.74) is 8.00. The molecule has 1 unspecified atom stereocenters. The Morgan fingerprint density at radius 3 is 2.70 bits per heavy atom. The molecule has 0 aliphatic carbocycles. The predicted molar refractivity (Wildman–Crippen MR) is 78.6 cm³/mol. The van der Waals surface area contributed by atoms with Crippen LogP contribution in [0.2, 0.25) is 0 Å². The van der Waals surface area contributed by atoms with Gasteiger partial charge in [-0.2, -0.15) is 0 Å². The molecule has 2 N–H and O–H groups in total.